The van der Waals surface area contributed by atoms with Gasteiger partial charge in [-0.25, -0.2) is 4.98 Å². The average molecular weight is 341 g/mol. The summed E-state index contributed by atoms with van der Waals surface area (Å²) in [6.07, 6.45) is 1.02. The summed E-state index contributed by atoms with van der Waals surface area (Å²) in [7, 11) is 0. The maximum Gasteiger partial charge on any atom is 0.419 e. The standard InChI is InChI=1S/C18H26F3N3/c1-13(2)23-9-5-14(6-10-23)15-11-16(18(19,20)21)17(22-12-15)24-7-3-4-8-24/h11-14H,3-10H2,1-2H3. The van der Waals surface area contributed by atoms with E-state index in [-0.39, 0.29) is 11.7 Å². The van der Waals surface area contributed by atoms with Gasteiger partial charge >= 0.3 is 6.18 Å². The first kappa shape index (κ1) is 17.5. The zero-order chi connectivity index (χ0) is 17.3. The summed E-state index contributed by atoms with van der Waals surface area (Å²) in [4.78, 5) is 8.40. The predicted octanol–water partition coefficient (Wildman–Crippen LogP) is 4.29. The zero-order valence-electron chi connectivity index (χ0n) is 14.4. The van der Waals surface area contributed by atoms with E-state index in [4.69, 9.17) is 0 Å². The molecule has 134 valence electrons. The number of alkyl halides is 3. The molecule has 2 aliphatic heterocycles. The van der Waals surface area contributed by atoms with E-state index in [0.29, 0.717) is 19.1 Å². The third-order valence-corrected chi connectivity index (χ3v) is 5.33. The molecule has 1 aromatic rings. The minimum atomic E-state index is -4.35. The fourth-order valence-electron chi connectivity index (χ4n) is 3.84. The number of halogens is 3. The van der Waals surface area contributed by atoms with Crippen LogP contribution in [0.3, 0.4) is 0 Å². The van der Waals surface area contributed by atoms with Gasteiger partial charge < -0.3 is 9.80 Å². The van der Waals surface area contributed by atoms with Gasteiger partial charge in [0, 0.05) is 25.3 Å². The van der Waals surface area contributed by atoms with Gasteiger partial charge in [0.2, 0.25) is 0 Å². The highest BCUT2D eigenvalue weighted by Crippen LogP contribution is 2.39. The number of anilines is 1. The van der Waals surface area contributed by atoms with Crippen molar-refractivity contribution >= 4 is 5.82 Å². The van der Waals surface area contributed by atoms with Crippen molar-refractivity contribution in [3.05, 3.63) is 23.4 Å². The summed E-state index contributed by atoms with van der Waals surface area (Å²) < 4.78 is 40.6. The van der Waals surface area contributed by atoms with E-state index >= 15 is 0 Å². The fraction of sp³-hybridized carbons (Fsp3) is 0.722. The van der Waals surface area contributed by atoms with E-state index < -0.39 is 11.7 Å². The van der Waals surface area contributed by atoms with Gasteiger partial charge in [0.1, 0.15) is 5.82 Å². The Kier molecular flexibility index (Phi) is 5.04. The summed E-state index contributed by atoms with van der Waals surface area (Å²) in [5.74, 6) is 0.296. The Hall–Kier alpha value is -1.30. The fourth-order valence-corrected chi connectivity index (χ4v) is 3.84. The van der Waals surface area contributed by atoms with Gasteiger partial charge in [-0.1, -0.05) is 0 Å². The van der Waals surface area contributed by atoms with E-state index in [1.807, 2.05) is 0 Å². The topological polar surface area (TPSA) is 19.4 Å². The second-order valence-corrected chi connectivity index (χ2v) is 7.24. The minimum absolute atomic E-state index is 0.114. The van der Waals surface area contributed by atoms with Crippen LogP contribution in [0.1, 0.15) is 56.6 Å². The molecule has 24 heavy (non-hydrogen) atoms. The number of nitrogens with zero attached hydrogens (tertiary/aromatic N) is 3. The molecule has 0 spiro atoms. The first-order valence-corrected chi connectivity index (χ1v) is 8.92. The van der Waals surface area contributed by atoms with Crippen LogP contribution in [0.4, 0.5) is 19.0 Å². The molecule has 0 atom stereocenters. The monoisotopic (exact) mass is 341 g/mol. The molecule has 3 heterocycles. The van der Waals surface area contributed by atoms with Crippen LogP contribution in [0, 0.1) is 0 Å². The average Bonchev–Trinajstić information content (AvgIpc) is 3.08. The van der Waals surface area contributed by atoms with Crippen LogP contribution >= 0.6 is 0 Å². The Balaban J connectivity index is 1.82. The van der Waals surface area contributed by atoms with Crippen LogP contribution in [0.2, 0.25) is 0 Å². The highest BCUT2D eigenvalue weighted by atomic mass is 19.4. The predicted molar refractivity (Wildman–Crippen MR) is 89.4 cm³/mol. The summed E-state index contributed by atoms with van der Waals surface area (Å²) in [6, 6.07) is 1.85. The zero-order valence-corrected chi connectivity index (χ0v) is 14.4. The number of piperidine rings is 1. The minimum Gasteiger partial charge on any atom is -0.356 e. The number of rotatable bonds is 3. The molecule has 0 N–H and O–H groups in total. The lowest BCUT2D eigenvalue weighted by Gasteiger charge is -2.35. The molecule has 6 heteroatoms. The van der Waals surface area contributed by atoms with Crippen molar-refractivity contribution in [1.82, 2.24) is 9.88 Å². The molecule has 0 bridgehead atoms. The third-order valence-electron chi connectivity index (χ3n) is 5.33. The molecule has 2 aliphatic rings. The first-order valence-electron chi connectivity index (χ1n) is 8.92. The molecule has 2 saturated heterocycles. The largest absolute Gasteiger partial charge is 0.419 e. The molecule has 0 aliphatic carbocycles. The van der Waals surface area contributed by atoms with E-state index in [1.54, 1.807) is 11.1 Å². The van der Waals surface area contributed by atoms with Crippen molar-refractivity contribution in [2.75, 3.05) is 31.1 Å². The van der Waals surface area contributed by atoms with Crippen molar-refractivity contribution in [1.29, 1.82) is 0 Å². The summed E-state index contributed by atoms with van der Waals surface area (Å²) >= 11 is 0. The first-order chi connectivity index (χ1) is 11.4. The molecular weight excluding hydrogens is 315 g/mol. The van der Waals surface area contributed by atoms with Gasteiger partial charge in [-0.15, -0.1) is 0 Å². The SMILES string of the molecule is CC(C)N1CCC(c2cnc(N3CCCC3)c(C(F)(F)F)c2)CC1. The van der Waals surface area contributed by atoms with Gasteiger partial charge in [-0.05, 0) is 70.2 Å². The quantitative estimate of drug-likeness (QED) is 0.818. The number of likely N-dealkylation sites (tertiary alicyclic amines) is 1. The van der Waals surface area contributed by atoms with E-state index in [2.05, 4.69) is 23.7 Å². The molecule has 0 aromatic carbocycles. The van der Waals surface area contributed by atoms with Crippen LogP contribution in [-0.2, 0) is 6.18 Å². The lowest BCUT2D eigenvalue weighted by Crippen LogP contribution is -2.37. The summed E-state index contributed by atoms with van der Waals surface area (Å²) in [5, 5.41) is 0. The number of hydrogen-bond acceptors (Lipinski definition) is 3. The van der Waals surface area contributed by atoms with Crippen molar-refractivity contribution in [2.24, 2.45) is 0 Å². The number of hydrogen-bond donors (Lipinski definition) is 0. The van der Waals surface area contributed by atoms with Gasteiger partial charge in [0.15, 0.2) is 0 Å². The second-order valence-electron chi connectivity index (χ2n) is 7.24. The van der Waals surface area contributed by atoms with Crippen LogP contribution in [0.15, 0.2) is 12.3 Å². The Bertz CT molecular complexity index is 557. The Labute approximate surface area is 141 Å². The van der Waals surface area contributed by atoms with E-state index in [0.717, 1.165) is 44.3 Å². The van der Waals surface area contributed by atoms with Gasteiger partial charge in [0.05, 0.1) is 5.56 Å². The molecular formula is C18H26F3N3. The molecule has 0 unspecified atom stereocenters. The van der Waals surface area contributed by atoms with Crippen molar-refractivity contribution in [3.8, 4) is 0 Å². The molecule has 2 fully saturated rings. The van der Waals surface area contributed by atoms with Crippen LogP contribution in [0.25, 0.3) is 0 Å². The van der Waals surface area contributed by atoms with Gasteiger partial charge in [-0.3, -0.25) is 0 Å². The molecule has 3 rings (SSSR count). The molecule has 3 nitrogen and oxygen atoms in total. The van der Waals surface area contributed by atoms with Crippen LogP contribution < -0.4 is 4.90 Å². The Morgan fingerprint density at radius 1 is 1.08 bits per heavy atom. The Morgan fingerprint density at radius 3 is 2.25 bits per heavy atom. The molecule has 1 aromatic heterocycles. The van der Waals surface area contributed by atoms with Crippen molar-refractivity contribution < 1.29 is 13.2 Å². The second kappa shape index (κ2) is 6.90. The van der Waals surface area contributed by atoms with Crippen LogP contribution in [0.5, 0.6) is 0 Å². The Morgan fingerprint density at radius 2 is 1.71 bits per heavy atom. The van der Waals surface area contributed by atoms with Crippen molar-refractivity contribution in [3.63, 3.8) is 0 Å². The van der Waals surface area contributed by atoms with Crippen LogP contribution in [-0.4, -0.2) is 42.1 Å². The third kappa shape index (κ3) is 3.68. The maximum atomic E-state index is 13.5. The molecule has 0 saturated carbocycles. The lowest BCUT2D eigenvalue weighted by atomic mass is 9.89. The molecule has 0 radical (unpaired) electrons. The normalized spacial score (nSPS) is 21.0. The smallest absolute Gasteiger partial charge is 0.356 e. The lowest BCUT2D eigenvalue weighted by molar-refractivity contribution is -0.137. The highest BCUT2D eigenvalue weighted by Gasteiger charge is 2.37. The van der Waals surface area contributed by atoms with E-state index in [9.17, 15) is 13.2 Å². The molecule has 0 amide bonds. The summed E-state index contributed by atoms with van der Waals surface area (Å²) in [6.45, 7) is 7.54. The highest BCUT2D eigenvalue weighted by molar-refractivity contribution is 5.51. The number of pyridine rings is 1. The van der Waals surface area contributed by atoms with Gasteiger partial charge in [0.25, 0.3) is 0 Å². The van der Waals surface area contributed by atoms with Gasteiger partial charge in [-0.2, -0.15) is 13.2 Å². The number of aromatic nitrogens is 1. The van der Waals surface area contributed by atoms with E-state index in [1.165, 1.54) is 6.07 Å². The maximum absolute atomic E-state index is 13.5. The summed E-state index contributed by atoms with van der Waals surface area (Å²) in [5.41, 5.74) is 0.182. The van der Waals surface area contributed by atoms with Crippen molar-refractivity contribution in [2.45, 2.75) is 57.7 Å².